The van der Waals surface area contributed by atoms with E-state index in [0.29, 0.717) is 5.92 Å². The van der Waals surface area contributed by atoms with Crippen LogP contribution in [-0.2, 0) is 23.1 Å². The van der Waals surface area contributed by atoms with E-state index in [1.165, 1.54) is 23.1 Å². The van der Waals surface area contributed by atoms with Gasteiger partial charge in [-0.3, -0.25) is 0 Å². The van der Waals surface area contributed by atoms with Crippen molar-refractivity contribution in [3.63, 3.8) is 0 Å². The van der Waals surface area contributed by atoms with Crippen molar-refractivity contribution in [3.05, 3.63) is 47.1 Å². The number of hydrogen-bond acceptors (Lipinski definition) is 5. The Kier molecular flexibility index (Phi) is 12.4. The fourth-order valence-electron chi connectivity index (χ4n) is 8.24. The molecule has 0 amide bonds. The van der Waals surface area contributed by atoms with Crippen LogP contribution in [0.1, 0.15) is 133 Å². The van der Waals surface area contributed by atoms with E-state index in [1.54, 1.807) is 0 Å². The highest BCUT2D eigenvalue weighted by atomic mass is 28.4. The summed E-state index contributed by atoms with van der Waals surface area (Å²) < 4.78 is 26.3. The Morgan fingerprint density at radius 3 is 2.16 bits per heavy atom. The lowest BCUT2D eigenvalue weighted by Crippen LogP contribution is -2.49. The van der Waals surface area contributed by atoms with Gasteiger partial charge < -0.3 is 18.3 Å². The number of carbonyl (C=O) groups excluding carboxylic acids is 1. The summed E-state index contributed by atoms with van der Waals surface area (Å²) in [5.74, 6) is 0.217. The summed E-state index contributed by atoms with van der Waals surface area (Å²) in [5.41, 5.74) is 4.99. The second-order valence-electron chi connectivity index (χ2n) is 19.4. The number of esters is 1. The smallest absolute Gasteiger partial charge is 0.332 e. The molecule has 0 radical (unpaired) electrons. The molecule has 4 rings (SSSR count). The summed E-state index contributed by atoms with van der Waals surface area (Å²) in [6.45, 7) is 34.6. The van der Waals surface area contributed by atoms with E-state index in [1.807, 2.05) is 0 Å². The van der Waals surface area contributed by atoms with E-state index >= 15 is 0 Å². The van der Waals surface area contributed by atoms with E-state index in [0.717, 1.165) is 69.8 Å². The molecule has 3 fully saturated rings. The molecular weight excluding hydrogens is 641 g/mol. The van der Waals surface area contributed by atoms with Crippen LogP contribution in [0.5, 0.6) is 0 Å². The average Bonchev–Trinajstić information content (AvgIpc) is 3.33. The van der Waals surface area contributed by atoms with Gasteiger partial charge in [0.25, 0.3) is 0 Å². The monoisotopic (exact) mass is 712 g/mol. The lowest BCUT2D eigenvalue weighted by molar-refractivity contribution is -0.167. The molecule has 7 heteroatoms. The topological polar surface area (TPSA) is 54.0 Å². The van der Waals surface area contributed by atoms with Crippen molar-refractivity contribution in [3.8, 4) is 0 Å². The fraction of sp³-hybridized carbons (Fsp3) is 0.786. The molecule has 4 aliphatic carbocycles. The molecule has 278 valence electrons. The number of allylic oxidation sites excluding steroid dienone is 4. The van der Waals surface area contributed by atoms with Gasteiger partial charge in [-0.05, 0) is 136 Å². The maximum Gasteiger partial charge on any atom is 0.332 e. The molecule has 1 unspecified atom stereocenters. The molecular formula is C42H72O5Si2. The molecule has 0 aliphatic heterocycles. The van der Waals surface area contributed by atoms with Crippen LogP contribution in [0.15, 0.2) is 47.1 Å². The minimum absolute atomic E-state index is 0.0159. The highest BCUT2D eigenvalue weighted by Crippen LogP contribution is 2.56. The van der Waals surface area contributed by atoms with E-state index in [9.17, 15) is 4.79 Å². The number of rotatable bonds is 10. The maximum absolute atomic E-state index is 12.8. The number of ether oxygens (including phenoxy) is 2. The largest absolute Gasteiger partial charge is 0.458 e. The first-order valence-corrected chi connectivity index (χ1v) is 25.3. The van der Waals surface area contributed by atoms with Crippen molar-refractivity contribution in [1.82, 2.24) is 0 Å². The van der Waals surface area contributed by atoms with E-state index in [4.69, 9.17) is 18.3 Å². The van der Waals surface area contributed by atoms with Crippen LogP contribution in [0.25, 0.3) is 0 Å². The summed E-state index contributed by atoms with van der Waals surface area (Å²) >= 11 is 0. The third kappa shape index (κ3) is 9.41. The predicted octanol–water partition coefficient (Wildman–Crippen LogP) is 11.8. The van der Waals surface area contributed by atoms with Gasteiger partial charge in [0.15, 0.2) is 16.6 Å². The van der Waals surface area contributed by atoms with E-state index in [-0.39, 0.29) is 52.0 Å². The summed E-state index contributed by atoms with van der Waals surface area (Å²) in [5, 5.41) is 0.276. The number of carbonyl (C=O) groups is 1. The van der Waals surface area contributed by atoms with Crippen LogP contribution in [-0.4, -0.2) is 53.1 Å². The van der Waals surface area contributed by atoms with Gasteiger partial charge in [0, 0.05) is 6.42 Å². The third-order valence-corrected chi connectivity index (χ3v) is 22.5. The molecule has 0 aromatic heterocycles. The van der Waals surface area contributed by atoms with Gasteiger partial charge in [0.1, 0.15) is 12.2 Å². The maximum atomic E-state index is 12.8. The molecule has 0 heterocycles. The molecule has 0 bridgehead atoms. The van der Waals surface area contributed by atoms with Gasteiger partial charge in [0.05, 0.1) is 18.3 Å². The van der Waals surface area contributed by atoms with Crippen molar-refractivity contribution in [2.24, 2.45) is 11.3 Å². The first-order chi connectivity index (χ1) is 22.5. The molecule has 3 saturated carbocycles. The highest BCUT2D eigenvalue weighted by molar-refractivity contribution is 6.74. The zero-order chi connectivity index (χ0) is 36.6. The molecule has 0 N–H and O–H groups in total. The quantitative estimate of drug-likeness (QED) is 0.128. The standard InChI is InChI=1S/C42H72O5Si2/c1-30-33(27-34(46-48(11,12)39(3,4)5)28-37(30)47-49(13,14)40(6,7)8)21-20-32-19-18-26-42(10)35(22-23-36(32)42)31(2)44-29-38(43)45-41(9)24-16-15-17-25-41/h20-22,31,34,36-37H,1,15-19,23-29H2,2-14H3/b32-20+,33-21-/t31?,34-,36+,37+,42-/m1/s1. The molecule has 0 aromatic rings. The zero-order valence-corrected chi connectivity index (χ0v) is 35.8. The summed E-state index contributed by atoms with van der Waals surface area (Å²) in [4.78, 5) is 12.8. The molecule has 0 aromatic carbocycles. The molecule has 49 heavy (non-hydrogen) atoms. The molecule has 5 nitrogen and oxygen atoms in total. The van der Waals surface area contributed by atoms with Crippen LogP contribution >= 0.6 is 0 Å². The van der Waals surface area contributed by atoms with Gasteiger partial charge in [-0.25, -0.2) is 4.79 Å². The fourth-order valence-corrected chi connectivity index (χ4v) is 10.9. The van der Waals surface area contributed by atoms with Crippen molar-refractivity contribution >= 4 is 22.6 Å². The molecule has 5 atom stereocenters. The molecule has 0 spiro atoms. The Balaban J connectivity index is 1.50. The van der Waals surface area contributed by atoms with Gasteiger partial charge >= 0.3 is 5.97 Å². The van der Waals surface area contributed by atoms with Crippen LogP contribution in [0, 0.1) is 11.3 Å². The van der Waals surface area contributed by atoms with Gasteiger partial charge in [-0.1, -0.05) is 85.3 Å². The van der Waals surface area contributed by atoms with Crippen molar-refractivity contribution in [2.45, 2.75) is 193 Å². The third-order valence-electron chi connectivity index (χ3n) is 13.5. The van der Waals surface area contributed by atoms with Crippen LogP contribution < -0.4 is 0 Å². The Hall–Kier alpha value is -1.26. The second kappa shape index (κ2) is 15.0. The Morgan fingerprint density at radius 1 is 0.939 bits per heavy atom. The molecule has 0 saturated heterocycles. The Morgan fingerprint density at radius 2 is 1.55 bits per heavy atom. The van der Waals surface area contributed by atoms with Gasteiger partial charge in [-0.15, -0.1) is 0 Å². The number of fused-ring (bicyclic) bond motifs is 1. The number of hydrogen-bond donors (Lipinski definition) is 0. The first kappa shape index (κ1) is 40.5. The SMILES string of the molecule is C=C1/C(=C\C=C2/CCC[C@]3(C)C(C(C)OCC(=O)OC4(C)CCCCC4)=CC[C@@H]23)C[C@@H](O[Si](C)(C)C(C)(C)C)C[C@@H]1O[Si](C)(C)C(C)(C)C. The minimum Gasteiger partial charge on any atom is -0.458 e. The van der Waals surface area contributed by atoms with Gasteiger partial charge in [0.2, 0.25) is 0 Å². The van der Waals surface area contributed by atoms with Crippen molar-refractivity contribution < 1.29 is 23.1 Å². The van der Waals surface area contributed by atoms with Crippen LogP contribution in [0.2, 0.25) is 36.3 Å². The lowest BCUT2D eigenvalue weighted by Gasteiger charge is -2.45. The second-order valence-corrected chi connectivity index (χ2v) is 28.9. The van der Waals surface area contributed by atoms with E-state index in [2.05, 4.69) is 113 Å². The summed E-state index contributed by atoms with van der Waals surface area (Å²) in [6.07, 6.45) is 18.8. The zero-order valence-electron chi connectivity index (χ0n) is 33.8. The van der Waals surface area contributed by atoms with Crippen molar-refractivity contribution in [2.75, 3.05) is 6.61 Å². The highest BCUT2D eigenvalue weighted by Gasteiger charge is 2.47. The van der Waals surface area contributed by atoms with Gasteiger partial charge in [-0.2, -0.15) is 0 Å². The van der Waals surface area contributed by atoms with Crippen LogP contribution in [0.4, 0.5) is 0 Å². The Bertz CT molecular complexity index is 1300. The summed E-state index contributed by atoms with van der Waals surface area (Å²) in [6, 6.07) is 0. The van der Waals surface area contributed by atoms with Crippen LogP contribution in [0.3, 0.4) is 0 Å². The van der Waals surface area contributed by atoms with Crippen molar-refractivity contribution in [1.29, 1.82) is 0 Å². The minimum atomic E-state index is -2.01. The first-order valence-electron chi connectivity index (χ1n) is 19.5. The average molecular weight is 713 g/mol. The summed E-state index contributed by atoms with van der Waals surface area (Å²) in [7, 11) is -3.98. The Labute approximate surface area is 303 Å². The van der Waals surface area contributed by atoms with E-state index < -0.39 is 16.6 Å². The normalized spacial score (nSPS) is 30.7. The lowest BCUT2D eigenvalue weighted by atomic mass is 9.63. The predicted molar refractivity (Wildman–Crippen MR) is 210 cm³/mol. The molecule has 4 aliphatic rings.